The van der Waals surface area contributed by atoms with Crippen molar-refractivity contribution in [1.82, 2.24) is 4.98 Å². The number of carbonyl (C=O) groups excluding carboxylic acids is 1. The third-order valence-corrected chi connectivity index (χ3v) is 3.85. The minimum atomic E-state index is -4.91. The molecule has 2 aromatic rings. The molecule has 2 heterocycles. The third kappa shape index (κ3) is 2.37. The molecule has 0 saturated carbocycles. The Labute approximate surface area is 130 Å². The minimum Gasteiger partial charge on any atom is -0.375 e. The SMILES string of the molecule is Cc1cccc(C(=O)N2CC(O)(C(F)(F)F)c3cccnc32)c1. The van der Waals surface area contributed by atoms with Crippen molar-refractivity contribution in [2.24, 2.45) is 0 Å². The van der Waals surface area contributed by atoms with Crippen molar-refractivity contribution in [3.8, 4) is 0 Å². The van der Waals surface area contributed by atoms with E-state index >= 15 is 0 Å². The number of fused-ring (bicyclic) bond motifs is 1. The zero-order valence-corrected chi connectivity index (χ0v) is 12.1. The highest BCUT2D eigenvalue weighted by Crippen LogP contribution is 2.47. The number of β-amino-alcohol motifs (C(OH)–C–C–N with tert-alkyl or cyclic N) is 1. The van der Waals surface area contributed by atoms with Gasteiger partial charge in [0.15, 0.2) is 0 Å². The van der Waals surface area contributed by atoms with Crippen LogP contribution in [0.3, 0.4) is 0 Å². The highest BCUT2D eigenvalue weighted by molar-refractivity contribution is 6.07. The number of amides is 1. The van der Waals surface area contributed by atoms with Crippen LogP contribution in [0, 0.1) is 6.92 Å². The number of hydrogen-bond acceptors (Lipinski definition) is 3. The van der Waals surface area contributed by atoms with Crippen LogP contribution in [0.5, 0.6) is 0 Å². The number of aryl methyl sites for hydroxylation is 1. The molecule has 1 unspecified atom stereocenters. The zero-order valence-electron chi connectivity index (χ0n) is 12.1. The van der Waals surface area contributed by atoms with Crippen LogP contribution in [-0.2, 0) is 5.60 Å². The normalized spacial score (nSPS) is 20.5. The Bertz CT molecular complexity index is 776. The first-order valence-electron chi connectivity index (χ1n) is 6.87. The maximum absolute atomic E-state index is 13.3. The molecule has 0 fully saturated rings. The van der Waals surface area contributed by atoms with E-state index in [0.29, 0.717) is 0 Å². The van der Waals surface area contributed by atoms with Crippen LogP contribution in [-0.4, -0.2) is 28.7 Å². The Hall–Kier alpha value is -2.41. The molecule has 1 atom stereocenters. The monoisotopic (exact) mass is 322 g/mol. The van der Waals surface area contributed by atoms with Crippen LogP contribution in [0.4, 0.5) is 19.0 Å². The molecule has 4 nitrogen and oxygen atoms in total. The maximum Gasteiger partial charge on any atom is 0.423 e. The van der Waals surface area contributed by atoms with E-state index < -0.39 is 29.8 Å². The van der Waals surface area contributed by atoms with Crippen molar-refractivity contribution < 1.29 is 23.1 Å². The summed E-state index contributed by atoms with van der Waals surface area (Å²) in [7, 11) is 0. The van der Waals surface area contributed by atoms with Crippen LogP contribution < -0.4 is 4.90 Å². The number of rotatable bonds is 1. The van der Waals surface area contributed by atoms with Gasteiger partial charge in [0.1, 0.15) is 5.82 Å². The molecule has 3 rings (SSSR count). The Kier molecular flexibility index (Phi) is 3.40. The van der Waals surface area contributed by atoms with E-state index in [-0.39, 0.29) is 11.4 Å². The summed E-state index contributed by atoms with van der Waals surface area (Å²) in [4.78, 5) is 17.3. The predicted octanol–water partition coefficient (Wildman–Crippen LogP) is 2.80. The molecule has 1 aromatic carbocycles. The lowest BCUT2D eigenvalue weighted by atomic mass is 9.97. The second-order valence-corrected chi connectivity index (χ2v) is 5.49. The lowest BCUT2D eigenvalue weighted by molar-refractivity contribution is -0.258. The molecule has 23 heavy (non-hydrogen) atoms. The van der Waals surface area contributed by atoms with Crippen molar-refractivity contribution in [1.29, 1.82) is 0 Å². The highest BCUT2D eigenvalue weighted by atomic mass is 19.4. The van der Waals surface area contributed by atoms with Crippen molar-refractivity contribution in [2.45, 2.75) is 18.7 Å². The van der Waals surface area contributed by atoms with Gasteiger partial charge in [-0.05, 0) is 25.1 Å². The lowest BCUT2D eigenvalue weighted by Crippen LogP contribution is -2.47. The number of pyridine rings is 1. The van der Waals surface area contributed by atoms with Crippen molar-refractivity contribution in [3.05, 3.63) is 59.3 Å². The largest absolute Gasteiger partial charge is 0.423 e. The molecule has 0 bridgehead atoms. The van der Waals surface area contributed by atoms with Gasteiger partial charge in [0, 0.05) is 17.3 Å². The first kappa shape index (κ1) is 15.5. The standard InChI is InChI=1S/C16H13F3N2O2/c1-10-4-2-5-11(8-10)14(22)21-9-15(23,16(17,18)19)12-6-3-7-20-13(12)21/h2-8,23H,9H2,1H3. The topological polar surface area (TPSA) is 53.4 Å². The van der Waals surface area contributed by atoms with Gasteiger partial charge in [0.05, 0.1) is 6.54 Å². The van der Waals surface area contributed by atoms with Gasteiger partial charge in [-0.3, -0.25) is 9.69 Å². The number of hydrogen-bond donors (Lipinski definition) is 1. The summed E-state index contributed by atoms with van der Waals surface area (Å²) in [5, 5.41) is 10.1. The molecule has 1 N–H and O–H groups in total. The number of nitrogens with zero attached hydrogens (tertiary/aromatic N) is 2. The molecule has 0 saturated heterocycles. The van der Waals surface area contributed by atoms with Crippen LogP contribution in [0.25, 0.3) is 0 Å². The predicted molar refractivity (Wildman–Crippen MR) is 77.0 cm³/mol. The fourth-order valence-electron chi connectivity index (χ4n) is 2.67. The molecular formula is C16H13F3N2O2. The Morgan fingerprint density at radius 3 is 2.70 bits per heavy atom. The van der Waals surface area contributed by atoms with Crippen LogP contribution in [0.15, 0.2) is 42.6 Å². The fraction of sp³-hybridized carbons (Fsp3) is 0.250. The smallest absolute Gasteiger partial charge is 0.375 e. The van der Waals surface area contributed by atoms with E-state index in [4.69, 9.17) is 0 Å². The van der Waals surface area contributed by atoms with Crippen LogP contribution in [0.2, 0.25) is 0 Å². The van der Waals surface area contributed by atoms with Crippen molar-refractivity contribution in [2.75, 3.05) is 11.4 Å². The van der Waals surface area contributed by atoms with Gasteiger partial charge in [0.25, 0.3) is 5.91 Å². The van der Waals surface area contributed by atoms with E-state index in [9.17, 15) is 23.1 Å². The molecule has 1 aliphatic rings. The number of alkyl halides is 3. The summed E-state index contributed by atoms with van der Waals surface area (Å²) in [5.41, 5.74) is -2.47. The molecule has 0 radical (unpaired) electrons. The third-order valence-electron chi connectivity index (χ3n) is 3.85. The molecule has 1 amide bonds. The van der Waals surface area contributed by atoms with Gasteiger partial charge in [-0.25, -0.2) is 4.98 Å². The van der Waals surface area contributed by atoms with Crippen LogP contribution in [0.1, 0.15) is 21.5 Å². The number of aromatic nitrogens is 1. The summed E-state index contributed by atoms with van der Waals surface area (Å²) in [6.07, 6.45) is -3.62. The Morgan fingerprint density at radius 2 is 2.04 bits per heavy atom. The quantitative estimate of drug-likeness (QED) is 0.878. The second-order valence-electron chi connectivity index (χ2n) is 5.49. The first-order chi connectivity index (χ1) is 10.7. The summed E-state index contributed by atoms with van der Waals surface area (Å²) in [6, 6.07) is 8.96. The molecule has 1 aromatic heterocycles. The summed E-state index contributed by atoms with van der Waals surface area (Å²) >= 11 is 0. The van der Waals surface area contributed by atoms with Gasteiger partial charge in [-0.15, -0.1) is 0 Å². The number of aliphatic hydroxyl groups is 1. The minimum absolute atomic E-state index is 0.168. The molecule has 0 aliphatic carbocycles. The van der Waals surface area contributed by atoms with Gasteiger partial charge in [0.2, 0.25) is 5.60 Å². The lowest BCUT2D eigenvalue weighted by Gasteiger charge is -2.26. The summed E-state index contributed by atoms with van der Waals surface area (Å²) in [5.74, 6) is -0.798. The number of carbonyl (C=O) groups is 1. The second kappa shape index (κ2) is 5.06. The van der Waals surface area contributed by atoms with Gasteiger partial charge in [-0.2, -0.15) is 13.2 Å². The summed E-state index contributed by atoms with van der Waals surface area (Å²) < 4.78 is 39.9. The Balaban J connectivity index is 2.08. The van der Waals surface area contributed by atoms with Crippen molar-refractivity contribution >= 4 is 11.7 Å². The molecular weight excluding hydrogens is 309 g/mol. The number of halogens is 3. The molecule has 120 valence electrons. The first-order valence-corrected chi connectivity index (χ1v) is 6.87. The molecule has 7 heteroatoms. The van der Waals surface area contributed by atoms with Crippen molar-refractivity contribution in [3.63, 3.8) is 0 Å². The average Bonchev–Trinajstić information content (AvgIpc) is 2.81. The highest BCUT2D eigenvalue weighted by Gasteiger charge is 2.61. The maximum atomic E-state index is 13.3. The van der Waals surface area contributed by atoms with E-state index in [2.05, 4.69) is 4.98 Å². The van der Waals surface area contributed by atoms with E-state index in [0.717, 1.165) is 16.5 Å². The zero-order chi connectivity index (χ0) is 16.8. The molecule has 0 spiro atoms. The van der Waals surface area contributed by atoms with E-state index in [1.54, 1.807) is 25.1 Å². The van der Waals surface area contributed by atoms with Gasteiger partial charge >= 0.3 is 6.18 Å². The Morgan fingerprint density at radius 1 is 1.30 bits per heavy atom. The average molecular weight is 322 g/mol. The summed E-state index contributed by atoms with van der Waals surface area (Å²) in [6.45, 7) is 0.870. The van der Waals surface area contributed by atoms with E-state index in [1.807, 2.05) is 0 Å². The van der Waals surface area contributed by atoms with E-state index in [1.165, 1.54) is 18.3 Å². The number of benzene rings is 1. The number of anilines is 1. The van der Waals surface area contributed by atoms with Gasteiger partial charge in [-0.1, -0.05) is 23.8 Å². The van der Waals surface area contributed by atoms with Crippen LogP contribution >= 0.6 is 0 Å². The molecule has 1 aliphatic heterocycles. The fourth-order valence-corrected chi connectivity index (χ4v) is 2.67. The van der Waals surface area contributed by atoms with Gasteiger partial charge < -0.3 is 5.11 Å².